The van der Waals surface area contributed by atoms with Crippen molar-refractivity contribution in [3.63, 3.8) is 0 Å². The number of rotatable bonds is 8. The summed E-state index contributed by atoms with van der Waals surface area (Å²) in [7, 11) is 0. The van der Waals surface area contributed by atoms with Crippen LogP contribution in [0.4, 0.5) is 0 Å². The zero-order valence-corrected chi connectivity index (χ0v) is 16.1. The highest BCUT2D eigenvalue weighted by atomic mass is 35.5. The fraction of sp³-hybridized carbons (Fsp3) is 0.632. The van der Waals surface area contributed by atoms with Gasteiger partial charge in [-0.1, -0.05) is 12.5 Å². The highest BCUT2D eigenvalue weighted by Gasteiger charge is 2.24. The molecule has 1 aromatic rings. The Bertz CT molecular complexity index is 539. The Hall–Kier alpha value is -1.46. The number of benzene rings is 1. The predicted octanol–water partition coefficient (Wildman–Crippen LogP) is 3.08. The molecular formula is C19H31ClN2O3. The van der Waals surface area contributed by atoms with Gasteiger partial charge in [0.2, 0.25) is 5.91 Å². The average molecular weight is 371 g/mol. The number of carbonyl (C=O) groups is 1. The van der Waals surface area contributed by atoms with Crippen molar-refractivity contribution in [1.29, 1.82) is 0 Å². The molecule has 0 heterocycles. The molecule has 1 aliphatic rings. The van der Waals surface area contributed by atoms with Gasteiger partial charge in [0.15, 0.2) is 11.5 Å². The first-order valence-corrected chi connectivity index (χ1v) is 9.05. The van der Waals surface area contributed by atoms with Gasteiger partial charge >= 0.3 is 0 Å². The first-order valence-electron chi connectivity index (χ1n) is 9.05. The second-order valence-corrected chi connectivity index (χ2v) is 6.31. The number of halogens is 1. The maximum atomic E-state index is 12.2. The number of carbonyl (C=O) groups excluding carboxylic acids is 1. The summed E-state index contributed by atoms with van der Waals surface area (Å²) in [5, 5.41) is 3.05. The minimum absolute atomic E-state index is 0. The molecule has 6 heteroatoms. The maximum absolute atomic E-state index is 12.2. The molecule has 0 spiro atoms. The second-order valence-electron chi connectivity index (χ2n) is 6.31. The minimum Gasteiger partial charge on any atom is -0.490 e. The first kappa shape index (κ1) is 21.6. The summed E-state index contributed by atoms with van der Waals surface area (Å²) >= 11 is 0. The van der Waals surface area contributed by atoms with Crippen molar-refractivity contribution in [2.75, 3.05) is 19.8 Å². The molecule has 3 N–H and O–H groups in total. The van der Waals surface area contributed by atoms with Crippen molar-refractivity contribution < 1.29 is 14.3 Å². The van der Waals surface area contributed by atoms with E-state index in [4.69, 9.17) is 15.2 Å². The number of nitrogens with two attached hydrogens (primary N) is 1. The lowest BCUT2D eigenvalue weighted by Crippen LogP contribution is -2.38. The average Bonchev–Trinajstić information content (AvgIpc) is 2.57. The van der Waals surface area contributed by atoms with Gasteiger partial charge in [-0.2, -0.15) is 0 Å². The van der Waals surface area contributed by atoms with Crippen LogP contribution in [0, 0.1) is 5.92 Å². The summed E-state index contributed by atoms with van der Waals surface area (Å²) in [5.74, 6) is 1.75. The Kier molecular flexibility index (Phi) is 9.68. The van der Waals surface area contributed by atoms with Crippen LogP contribution in [0.3, 0.4) is 0 Å². The quantitative estimate of drug-likeness (QED) is 0.737. The zero-order valence-electron chi connectivity index (χ0n) is 15.3. The number of hydrogen-bond acceptors (Lipinski definition) is 4. The van der Waals surface area contributed by atoms with Gasteiger partial charge in [0, 0.05) is 18.5 Å². The van der Waals surface area contributed by atoms with E-state index in [1.165, 1.54) is 0 Å². The van der Waals surface area contributed by atoms with Gasteiger partial charge in [0.1, 0.15) is 0 Å². The van der Waals surface area contributed by atoms with E-state index in [0.717, 1.165) is 49.2 Å². The van der Waals surface area contributed by atoms with Crippen LogP contribution in [0.5, 0.6) is 11.5 Å². The summed E-state index contributed by atoms with van der Waals surface area (Å²) in [4.78, 5) is 12.2. The Morgan fingerprint density at radius 1 is 1.20 bits per heavy atom. The van der Waals surface area contributed by atoms with E-state index < -0.39 is 0 Å². The highest BCUT2D eigenvalue weighted by molar-refractivity contribution is 5.85. The molecular weight excluding hydrogens is 340 g/mol. The lowest BCUT2D eigenvalue weighted by Gasteiger charge is -2.25. The largest absolute Gasteiger partial charge is 0.490 e. The van der Waals surface area contributed by atoms with E-state index in [9.17, 15) is 4.79 Å². The van der Waals surface area contributed by atoms with Crippen LogP contribution in [-0.2, 0) is 11.2 Å². The third kappa shape index (κ3) is 6.75. The Morgan fingerprint density at radius 3 is 2.60 bits per heavy atom. The van der Waals surface area contributed by atoms with Gasteiger partial charge in [-0.25, -0.2) is 0 Å². The normalized spacial score (nSPS) is 19.6. The highest BCUT2D eigenvalue weighted by Crippen LogP contribution is 2.28. The van der Waals surface area contributed by atoms with E-state index >= 15 is 0 Å². The molecule has 0 aromatic heterocycles. The molecule has 0 radical (unpaired) electrons. The third-order valence-corrected chi connectivity index (χ3v) is 4.41. The second kappa shape index (κ2) is 11.2. The lowest BCUT2D eigenvalue weighted by atomic mass is 9.85. The smallest absolute Gasteiger partial charge is 0.223 e. The van der Waals surface area contributed by atoms with Crippen LogP contribution < -0.4 is 20.5 Å². The maximum Gasteiger partial charge on any atom is 0.223 e. The zero-order chi connectivity index (χ0) is 17.4. The van der Waals surface area contributed by atoms with Crippen LogP contribution >= 0.6 is 12.4 Å². The summed E-state index contributed by atoms with van der Waals surface area (Å²) in [6, 6.07) is 6.13. The van der Waals surface area contributed by atoms with Crippen LogP contribution in [0.15, 0.2) is 18.2 Å². The van der Waals surface area contributed by atoms with Crippen molar-refractivity contribution in [2.45, 2.75) is 52.0 Å². The Labute approximate surface area is 157 Å². The first-order chi connectivity index (χ1) is 11.6. The van der Waals surface area contributed by atoms with Crippen LogP contribution in [-0.4, -0.2) is 31.7 Å². The van der Waals surface area contributed by atoms with Gasteiger partial charge in [-0.3, -0.25) is 4.79 Å². The summed E-state index contributed by atoms with van der Waals surface area (Å²) < 4.78 is 11.2. The molecule has 2 rings (SSSR count). The van der Waals surface area contributed by atoms with Crippen molar-refractivity contribution in [1.82, 2.24) is 5.32 Å². The van der Waals surface area contributed by atoms with Crippen LogP contribution in [0.25, 0.3) is 0 Å². The molecule has 0 aliphatic heterocycles. The number of nitrogens with one attached hydrogen (secondary N) is 1. The molecule has 1 saturated carbocycles. The van der Waals surface area contributed by atoms with E-state index in [-0.39, 0.29) is 30.3 Å². The summed E-state index contributed by atoms with van der Waals surface area (Å²) in [6.45, 7) is 5.75. The lowest BCUT2D eigenvalue weighted by molar-refractivity contribution is -0.126. The van der Waals surface area contributed by atoms with Crippen molar-refractivity contribution in [3.05, 3.63) is 23.8 Å². The third-order valence-electron chi connectivity index (χ3n) is 4.41. The molecule has 0 saturated heterocycles. The van der Waals surface area contributed by atoms with Gasteiger partial charge < -0.3 is 20.5 Å². The molecule has 142 valence electrons. The van der Waals surface area contributed by atoms with Crippen molar-refractivity contribution >= 4 is 18.3 Å². The minimum atomic E-state index is 0. The topological polar surface area (TPSA) is 73.6 Å². The Balaban J connectivity index is 0.00000312. The molecule has 1 aliphatic carbocycles. The van der Waals surface area contributed by atoms with Crippen LogP contribution in [0.2, 0.25) is 0 Å². The monoisotopic (exact) mass is 370 g/mol. The number of amides is 1. The molecule has 25 heavy (non-hydrogen) atoms. The molecule has 1 aromatic carbocycles. The van der Waals surface area contributed by atoms with Crippen molar-refractivity contribution in [3.8, 4) is 11.5 Å². The summed E-state index contributed by atoms with van der Waals surface area (Å²) in [5.41, 5.74) is 7.09. The SMILES string of the molecule is CCOc1ccc(CCNC(=O)C2CCCC(N)C2)cc1OCC.Cl. The molecule has 2 atom stereocenters. The van der Waals surface area contributed by atoms with E-state index in [0.29, 0.717) is 19.8 Å². The number of hydrogen-bond donors (Lipinski definition) is 2. The van der Waals surface area contributed by atoms with Gasteiger partial charge in [-0.15, -0.1) is 12.4 Å². The molecule has 1 amide bonds. The van der Waals surface area contributed by atoms with Crippen molar-refractivity contribution in [2.24, 2.45) is 11.7 Å². The fourth-order valence-corrected chi connectivity index (χ4v) is 3.19. The van der Waals surface area contributed by atoms with E-state index in [2.05, 4.69) is 5.32 Å². The summed E-state index contributed by atoms with van der Waals surface area (Å²) in [6.07, 6.45) is 4.63. The fourth-order valence-electron chi connectivity index (χ4n) is 3.19. The van der Waals surface area contributed by atoms with E-state index in [1.807, 2.05) is 32.0 Å². The van der Waals surface area contributed by atoms with Crippen LogP contribution in [0.1, 0.15) is 45.1 Å². The Morgan fingerprint density at radius 2 is 1.92 bits per heavy atom. The molecule has 2 unspecified atom stereocenters. The van der Waals surface area contributed by atoms with Gasteiger partial charge in [0.25, 0.3) is 0 Å². The molecule has 1 fully saturated rings. The van der Waals surface area contributed by atoms with Gasteiger partial charge in [0.05, 0.1) is 13.2 Å². The van der Waals surface area contributed by atoms with E-state index in [1.54, 1.807) is 0 Å². The standard InChI is InChI=1S/C19H30N2O3.ClH/c1-3-23-17-9-8-14(12-18(17)24-4-2)10-11-21-19(22)15-6-5-7-16(20)13-15;/h8-9,12,15-16H,3-7,10-11,13,20H2,1-2H3,(H,21,22);1H. The molecule has 0 bridgehead atoms. The predicted molar refractivity (Wildman–Crippen MR) is 103 cm³/mol. The van der Waals surface area contributed by atoms with Gasteiger partial charge in [-0.05, 0) is 57.2 Å². The molecule has 5 nitrogen and oxygen atoms in total. The number of ether oxygens (including phenoxy) is 2.